The van der Waals surface area contributed by atoms with Crippen molar-refractivity contribution in [3.05, 3.63) is 71.3 Å². The van der Waals surface area contributed by atoms with E-state index in [0.717, 1.165) is 16.0 Å². The van der Waals surface area contributed by atoms with E-state index in [1.165, 1.54) is 0 Å². The summed E-state index contributed by atoms with van der Waals surface area (Å²) in [6.45, 7) is 11.6. The van der Waals surface area contributed by atoms with Crippen molar-refractivity contribution in [3.8, 4) is 6.07 Å². The number of alkyl carbamates (subject to hydrolysis) is 1. The molecule has 0 bridgehead atoms. The molecule has 2 N–H and O–H groups in total. The van der Waals surface area contributed by atoms with Gasteiger partial charge < -0.3 is 25.0 Å². The van der Waals surface area contributed by atoms with Crippen LogP contribution >= 0.6 is 12.6 Å². The number of carbonyl (C=O) groups is 4. The molecule has 0 aliphatic heterocycles. The molecule has 0 radical (unpaired) electrons. The number of nitriles is 1. The molecular weight excluding hydrogens is 568 g/mol. The molecule has 3 amide bonds. The fraction of sp³-hybridized carbons (Fsp3) is 0.469. The van der Waals surface area contributed by atoms with E-state index in [1.807, 2.05) is 43.3 Å². The minimum Gasteiger partial charge on any atom is -0.458 e. The molecule has 0 fully saturated rings. The zero-order valence-electron chi connectivity index (χ0n) is 25.8. The van der Waals surface area contributed by atoms with Gasteiger partial charge in [-0.25, -0.2) is 9.59 Å². The van der Waals surface area contributed by atoms with Crippen LogP contribution in [0.3, 0.4) is 0 Å². The van der Waals surface area contributed by atoms with Gasteiger partial charge in [0.2, 0.25) is 11.8 Å². The Balaban J connectivity index is 2.52. The summed E-state index contributed by atoms with van der Waals surface area (Å²) in [5.41, 5.74) is 0.469. The van der Waals surface area contributed by atoms with E-state index in [-0.39, 0.29) is 12.2 Å². The molecule has 2 rings (SSSR count). The lowest BCUT2D eigenvalue weighted by Crippen LogP contribution is -2.55. The Bertz CT molecular complexity index is 1300. The first-order chi connectivity index (χ1) is 20.0. The van der Waals surface area contributed by atoms with Gasteiger partial charge in [-0.15, -0.1) is 0 Å². The van der Waals surface area contributed by atoms with Crippen LogP contribution in [-0.4, -0.2) is 64.4 Å². The molecule has 0 aromatic heterocycles. The number of hydrogen-bond donors (Lipinski definition) is 3. The summed E-state index contributed by atoms with van der Waals surface area (Å²) >= 11 is 4.24. The van der Waals surface area contributed by atoms with Gasteiger partial charge in [-0.05, 0) is 59.6 Å². The van der Waals surface area contributed by atoms with Gasteiger partial charge in [-0.1, -0.05) is 60.2 Å². The Hall–Kier alpha value is -4.04. The molecule has 0 saturated carbocycles. The number of nitrogens with one attached hydrogen (secondary N) is 2. The lowest BCUT2D eigenvalue weighted by molar-refractivity contribution is -0.159. The highest BCUT2D eigenvalue weighted by Gasteiger charge is 2.38. The average Bonchev–Trinajstić information content (AvgIpc) is 2.90. The molecule has 0 aliphatic rings. The summed E-state index contributed by atoms with van der Waals surface area (Å²) in [4.78, 5) is 54.8. The maximum absolute atomic E-state index is 14.1. The van der Waals surface area contributed by atoms with Crippen molar-refractivity contribution >= 4 is 36.5 Å². The van der Waals surface area contributed by atoms with Crippen LogP contribution in [0.25, 0.3) is 0 Å². The smallest absolute Gasteiger partial charge is 0.408 e. The molecule has 2 aromatic carbocycles. The minimum atomic E-state index is -1.32. The number of amides is 3. The third kappa shape index (κ3) is 11.6. The summed E-state index contributed by atoms with van der Waals surface area (Å²) in [6.07, 6.45) is -0.714. The van der Waals surface area contributed by atoms with Crippen molar-refractivity contribution in [2.75, 3.05) is 12.3 Å². The summed E-state index contributed by atoms with van der Waals surface area (Å²) < 4.78 is 10.9. The zero-order valence-corrected chi connectivity index (χ0v) is 26.7. The molecular formula is C32H42N4O6S. The number of thiol groups is 1. The second-order valence-electron chi connectivity index (χ2n) is 12.1. The number of rotatable bonds is 11. The lowest BCUT2D eigenvalue weighted by Gasteiger charge is -2.33. The van der Waals surface area contributed by atoms with Crippen molar-refractivity contribution in [3.63, 3.8) is 0 Å². The lowest BCUT2D eigenvalue weighted by atomic mass is 10.00. The van der Waals surface area contributed by atoms with Crippen LogP contribution in [0.5, 0.6) is 0 Å². The molecule has 0 heterocycles. The van der Waals surface area contributed by atoms with Gasteiger partial charge in [0.15, 0.2) is 0 Å². The predicted octanol–water partition coefficient (Wildman–Crippen LogP) is 4.28. The normalized spacial score (nSPS) is 13.5. The molecule has 0 spiro atoms. The third-order valence-corrected chi connectivity index (χ3v) is 6.30. The van der Waals surface area contributed by atoms with Crippen molar-refractivity contribution in [2.24, 2.45) is 0 Å². The van der Waals surface area contributed by atoms with Crippen molar-refractivity contribution < 1.29 is 28.7 Å². The predicted molar refractivity (Wildman–Crippen MR) is 166 cm³/mol. The van der Waals surface area contributed by atoms with Gasteiger partial charge in [-0.2, -0.15) is 17.9 Å². The first-order valence-electron chi connectivity index (χ1n) is 14.0. The number of hydrogen-bond acceptors (Lipinski definition) is 8. The van der Waals surface area contributed by atoms with Crippen molar-refractivity contribution in [1.29, 1.82) is 5.26 Å². The van der Waals surface area contributed by atoms with E-state index in [9.17, 15) is 24.4 Å². The number of aryl methyl sites for hydroxylation is 1. The maximum Gasteiger partial charge on any atom is 0.408 e. The Morgan fingerprint density at radius 1 is 0.884 bits per heavy atom. The molecule has 11 heteroatoms. The highest BCUT2D eigenvalue weighted by atomic mass is 32.1. The topological polar surface area (TPSA) is 138 Å². The second-order valence-corrected chi connectivity index (χ2v) is 12.5. The molecule has 2 aromatic rings. The zero-order chi connectivity index (χ0) is 32.4. The van der Waals surface area contributed by atoms with Gasteiger partial charge >= 0.3 is 12.1 Å². The first-order valence-corrected chi connectivity index (χ1v) is 14.6. The largest absolute Gasteiger partial charge is 0.458 e. The first kappa shape index (κ1) is 35.2. The van der Waals surface area contributed by atoms with Crippen LogP contribution in [0.2, 0.25) is 0 Å². The van der Waals surface area contributed by atoms with E-state index >= 15 is 0 Å². The number of nitrogens with zero attached hydrogens (tertiary/aromatic N) is 2. The van der Waals surface area contributed by atoms with E-state index in [4.69, 9.17) is 9.47 Å². The monoisotopic (exact) mass is 610 g/mol. The number of benzene rings is 2. The summed E-state index contributed by atoms with van der Waals surface area (Å²) in [7, 11) is 0. The SMILES string of the molecule is Cc1ccc(C(C(=O)NC(Cc2ccccc2)C(=O)OC(C)(C)C)N(CC#N)C(=O)C(CS)NC(=O)OC(C)(C)C)cc1. The Kier molecular flexibility index (Phi) is 12.6. The fourth-order valence-electron chi connectivity index (χ4n) is 4.10. The third-order valence-electron chi connectivity index (χ3n) is 5.94. The molecule has 232 valence electrons. The second kappa shape index (κ2) is 15.4. The Morgan fingerprint density at radius 3 is 1.98 bits per heavy atom. The summed E-state index contributed by atoms with van der Waals surface area (Å²) in [5.74, 6) is -2.20. The summed E-state index contributed by atoms with van der Waals surface area (Å²) in [6, 6.07) is 14.3. The van der Waals surface area contributed by atoms with Crippen LogP contribution in [0.15, 0.2) is 54.6 Å². The van der Waals surface area contributed by atoms with Gasteiger partial charge in [0.1, 0.15) is 35.9 Å². The quantitative estimate of drug-likeness (QED) is 0.196. The highest BCUT2D eigenvalue weighted by Crippen LogP contribution is 2.24. The van der Waals surface area contributed by atoms with Crippen LogP contribution in [0.4, 0.5) is 4.79 Å². The molecule has 0 aliphatic carbocycles. The number of esters is 1. The Labute approximate surface area is 259 Å². The summed E-state index contributed by atoms with van der Waals surface area (Å²) in [5, 5.41) is 15.0. The fourth-order valence-corrected chi connectivity index (χ4v) is 4.34. The molecule has 43 heavy (non-hydrogen) atoms. The van der Waals surface area contributed by atoms with Gasteiger partial charge in [0, 0.05) is 12.2 Å². The standard InChI is InChI=1S/C32H42N4O6S/c1-21-13-15-23(16-14-21)26(36(18-17-33)28(38)25(20-43)35-30(40)42-32(5,6)7)27(37)34-24(29(39)41-31(2,3)4)19-22-11-9-8-10-12-22/h8-16,24-26,43H,18-20H2,1-7H3,(H,34,37)(H,35,40). The molecule has 10 nitrogen and oxygen atoms in total. The number of carbonyl (C=O) groups excluding carboxylic acids is 4. The molecule has 3 unspecified atom stereocenters. The van der Waals surface area contributed by atoms with Crippen molar-refractivity contribution in [2.45, 2.75) is 84.2 Å². The maximum atomic E-state index is 14.1. The number of ether oxygens (including phenoxy) is 2. The van der Waals surface area contributed by atoms with Crippen LogP contribution in [-0.2, 0) is 30.3 Å². The van der Waals surface area contributed by atoms with Crippen LogP contribution in [0.1, 0.15) is 64.3 Å². The van der Waals surface area contributed by atoms with Gasteiger partial charge in [-0.3, -0.25) is 9.59 Å². The molecule has 3 atom stereocenters. The Morgan fingerprint density at radius 2 is 1.47 bits per heavy atom. The molecule has 0 saturated heterocycles. The van der Waals surface area contributed by atoms with Crippen LogP contribution < -0.4 is 10.6 Å². The van der Waals surface area contributed by atoms with Crippen LogP contribution in [0, 0.1) is 18.3 Å². The van der Waals surface area contributed by atoms with Crippen molar-refractivity contribution in [1.82, 2.24) is 15.5 Å². The van der Waals surface area contributed by atoms with Gasteiger partial charge in [0.25, 0.3) is 0 Å². The van der Waals surface area contributed by atoms with E-state index < -0.39 is 59.7 Å². The average molecular weight is 611 g/mol. The van der Waals surface area contributed by atoms with E-state index in [0.29, 0.717) is 5.56 Å². The highest BCUT2D eigenvalue weighted by molar-refractivity contribution is 7.80. The van der Waals surface area contributed by atoms with E-state index in [1.54, 1.807) is 65.8 Å². The van der Waals surface area contributed by atoms with E-state index in [2.05, 4.69) is 23.3 Å². The van der Waals surface area contributed by atoms with Gasteiger partial charge in [0.05, 0.1) is 6.07 Å². The minimum absolute atomic E-state index is 0.128.